The maximum Gasteiger partial charge on any atom is 0.231 e. The van der Waals surface area contributed by atoms with Crippen molar-refractivity contribution in [2.24, 2.45) is 5.92 Å². The Balaban J connectivity index is 1.11. The van der Waals surface area contributed by atoms with Crippen molar-refractivity contribution in [1.29, 1.82) is 0 Å². The lowest BCUT2D eigenvalue weighted by atomic mass is 10.1. The maximum atomic E-state index is 12.6. The summed E-state index contributed by atoms with van der Waals surface area (Å²) < 4.78 is 10.7. The van der Waals surface area contributed by atoms with Gasteiger partial charge in [-0.15, -0.1) is 0 Å². The van der Waals surface area contributed by atoms with E-state index < -0.39 is 0 Å². The molecule has 1 fully saturated rings. The number of ether oxygens (including phenoxy) is 2. The van der Waals surface area contributed by atoms with Gasteiger partial charge in [0.05, 0.1) is 5.92 Å². The van der Waals surface area contributed by atoms with E-state index >= 15 is 0 Å². The molecule has 3 aliphatic heterocycles. The van der Waals surface area contributed by atoms with Crippen LogP contribution < -0.4 is 24.6 Å². The van der Waals surface area contributed by atoms with Crippen molar-refractivity contribution in [1.82, 2.24) is 5.32 Å². The average molecular weight is 407 g/mol. The largest absolute Gasteiger partial charge is 0.454 e. The molecule has 0 saturated carbocycles. The van der Waals surface area contributed by atoms with Gasteiger partial charge < -0.3 is 24.6 Å². The number of anilines is 2. The molecule has 2 aromatic carbocycles. The highest BCUT2D eigenvalue weighted by molar-refractivity contribution is 6.00. The van der Waals surface area contributed by atoms with Gasteiger partial charge in [-0.1, -0.05) is 18.2 Å². The number of rotatable bonds is 6. The Morgan fingerprint density at radius 2 is 2.00 bits per heavy atom. The second kappa shape index (κ2) is 7.89. The minimum absolute atomic E-state index is 0.0392. The van der Waals surface area contributed by atoms with Crippen LogP contribution in [-0.4, -0.2) is 44.8 Å². The zero-order valence-electron chi connectivity index (χ0n) is 16.8. The number of fused-ring (bicyclic) bond motifs is 2. The second-order valence-electron chi connectivity index (χ2n) is 7.95. The van der Waals surface area contributed by atoms with Crippen LogP contribution in [0.4, 0.5) is 11.4 Å². The number of hydrogen-bond donors (Lipinski definition) is 1. The van der Waals surface area contributed by atoms with E-state index in [9.17, 15) is 9.59 Å². The summed E-state index contributed by atoms with van der Waals surface area (Å²) in [6, 6.07) is 13.9. The molecule has 5 rings (SSSR count). The van der Waals surface area contributed by atoms with Crippen LogP contribution in [0, 0.1) is 5.92 Å². The molecule has 0 unspecified atom stereocenters. The minimum Gasteiger partial charge on any atom is -0.454 e. The molecule has 1 saturated heterocycles. The number of amides is 2. The van der Waals surface area contributed by atoms with Crippen molar-refractivity contribution in [2.45, 2.75) is 19.3 Å². The van der Waals surface area contributed by atoms with Crippen LogP contribution in [0.25, 0.3) is 0 Å². The molecule has 0 aromatic heterocycles. The monoisotopic (exact) mass is 407 g/mol. The molecule has 156 valence electrons. The Hall–Kier alpha value is -3.22. The van der Waals surface area contributed by atoms with Crippen molar-refractivity contribution < 1.29 is 19.1 Å². The predicted octanol–water partition coefficient (Wildman–Crippen LogP) is 2.34. The van der Waals surface area contributed by atoms with E-state index in [1.165, 1.54) is 11.3 Å². The first-order valence-electron chi connectivity index (χ1n) is 10.5. The van der Waals surface area contributed by atoms with E-state index in [0.29, 0.717) is 24.6 Å². The lowest BCUT2D eigenvalue weighted by Gasteiger charge is -2.20. The van der Waals surface area contributed by atoms with Gasteiger partial charge in [0, 0.05) is 50.0 Å². The van der Waals surface area contributed by atoms with Gasteiger partial charge in [0.25, 0.3) is 0 Å². The maximum absolute atomic E-state index is 12.6. The summed E-state index contributed by atoms with van der Waals surface area (Å²) >= 11 is 0. The van der Waals surface area contributed by atoms with Gasteiger partial charge in [0.1, 0.15) is 0 Å². The predicted molar refractivity (Wildman–Crippen MR) is 113 cm³/mol. The van der Waals surface area contributed by atoms with Crippen LogP contribution >= 0.6 is 0 Å². The third-order valence-corrected chi connectivity index (χ3v) is 6.05. The standard InChI is InChI=1S/C23H25N3O4/c27-22-12-17(14-26(22)18-6-7-20-21(13-18)30-15-29-20)23(28)24-9-3-10-25-11-8-16-4-1-2-5-19(16)25/h1-2,4-7,13,17H,3,8-12,14-15H2,(H,24,28)/t17-/m1/s1. The first-order chi connectivity index (χ1) is 14.7. The highest BCUT2D eigenvalue weighted by atomic mass is 16.7. The molecule has 7 heteroatoms. The number of benzene rings is 2. The van der Waals surface area contributed by atoms with Crippen molar-refractivity contribution >= 4 is 23.2 Å². The Bertz CT molecular complexity index is 977. The fourth-order valence-corrected chi connectivity index (χ4v) is 4.45. The summed E-state index contributed by atoms with van der Waals surface area (Å²) in [5.41, 5.74) is 3.45. The summed E-state index contributed by atoms with van der Waals surface area (Å²) in [5.74, 6) is 0.906. The van der Waals surface area contributed by atoms with Crippen LogP contribution in [0.5, 0.6) is 11.5 Å². The molecule has 2 amide bonds. The fraction of sp³-hybridized carbons (Fsp3) is 0.391. The number of hydrogen-bond acceptors (Lipinski definition) is 5. The molecule has 30 heavy (non-hydrogen) atoms. The van der Waals surface area contributed by atoms with Crippen molar-refractivity contribution in [3.63, 3.8) is 0 Å². The quantitative estimate of drug-likeness (QED) is 0.745. The van der Waals surface area contributed by atoms with E-state index in [4.69, 9.17) is 9.47 Å². The molecule has 0 radical (unpaired) electrons. The molecule has 7 nitrogen and oxygen atoms in total. The summed E-state index contributed by atoms with van der Waals surface area (Å²) in [5, 5.41) is 3.02. The SMILES string of the molecule is O=C(NCCCN1CCc2ccccc21)[C@@H]1CC(=O)N(c2ccc3c(c2)OCO3)C1. The average Bonchev–Trinajstić information content (AvgIpc) is 3.48. The van der Waals surface area contributed by atoms with Gasteiger partial charge in [-0.3, -0.25) is 9.59 Å². The van der Waals surface area contributed by atoms with E-state index in [1.807, 2.05) is 6.07 Å². The molecule has 1 atom stereocenters. The summed E-state index contributed by atoms with van der Waals surface area (Å²) in [4.78, 5) is 29.1. The molecule has 0 bridgehead atoms. The van der Waals surface area contributed by atoms with Gasteiger partial charge in [-0.2, -0.15) is 0 Å². The zero-order chi connectivity index (χ0) is 20.5. The van der Waals surface area contributed by atoms with E-state index in [-0.39, 0.29) is 30.9 Å². The van der Waals surface area contributed by atoms with Gasteiger partial charge in [0.2, 0.25) is 18.6 Å². The van der Waals surface area contributed by atoms with Crippen LogP contribution in [0.2, 0.25) is 0 Å². The Morgan fingerprint density at radius 3 is 2.93 bits per heavy atom. The highest BCUT2D eigenvalue weighted by Gasteiger charge is 2.35. The smallest absolute Gasteiger partial charge is 0.231 e. The second-order valence-corrected chi connectivity index (χ2v) is 7.95. The van der Waals surface area contributed by atoms with Crippen LogP contribution in [0.15, 0.2) is 42.5 Å². The van der Waals surface area contributed by atoms with Crippen molar-refractivity contribution in [3.05, 3.63) is 48.0 Å². The normalized spacial score (nSPS) is 19.3. The summed E-state index contributed by atoms with van der Waals surface area (Å²) in [7, 11) is 0. The first-order valence-corrected chi connectivity index (χ1v) is 10.5. The van der Waals surface area contributed by atoms with E-state index in [2.05, 4.69) is 34.5 Å². The topological polar surface area (TPSA) is 71.1 Å². The fourth-order valence-electron chi connectivity index (χ4n) is 4.45. The number of carbonyl (C=O) groups excluding carboxylic acids is 2. The van der Waals surface area contributed by atoms with Gasteiger partial charge in [-0.25, -0.2) is 0 Å². The Labute approximate surface area is 175 Å². The van der Waals surface area contributed by atoms with Gasteiger partial charge in [0.15, 0.2) is 11.5 Å². The number of nitrogens with one attached hydrogen (secondary N) is 1. The molecule has 3 aliphatic rings. The summed E-state index contributed by atoms with van der Waals surface area (Å²) in [6.07, 6.45) is 2.20. The van der Waals surface area contributed by atoms with Crippen LogP contribution in [0.3, 0.4) is 0 Å². The molecule has 2 aromatic rings. The number of para-hydroxylation sites is 1. The molecule has 1 N–H and O–H groups in total. The third kappa shape index (κ3) is 3.56. The van der Waals surface area contributed by atoms with E-state index in [0.717, 1.165) is 31.6 Å². The number of nitrogens with zero attached hydrogens (tertiary/aromatic N) is 2. The molecular weight excluding hydrogens is 382 g/mol. The molecular formula is C23H25N3O4. The first kappa shape index (κ1) is 18.8. The Morgan fingerprint density at radius 1 is 1.13 bits per heavy atom. The molecule has 0 spiro atoms. The highest BCUT2D eigenvalue weighted by Crippen LogP contribution is 2.37. The molecule has 0 aliphatic carbocycles. The Kier molecular flexibility index (Phi) is 4.94. The third-order valence-electron chi connectivity index (χ3n) is 6.05. The van der Waals surface area contributed by atoms with Gasteiger partial charge in [-0.05, 0) is 36.6 Å². The lowest BCUT2D eigenvalue weighted by Crippen LogP contribution is -2.35. The minimum atomic E-state index is -0.324. The van der Waals surface area contributed by atoms with Crippen molar-refractivity contribution in [2.75, 3.05) is 42.8 Å². The molecule has 3 heterocycles. The summed E-state index contributed by atoms with van der Waals surface area (Å²) in [6.45, 7) is 3.16. The number of carbonyl (C=O) groups is 2. The zero-order valence-corrected chi connectivity index (χ0v) is 16.8. The van der Waals surface area contributed by atoms with Crippen LogP contribution in [-0.2, 0) is 16.0 Å². The lowest BCUT2D eigenvalue weighted by molar-refractivity contribution is -0.126. The van der Waals surface area contributed by atoms with Crippen molar-refractivity contribution in [3.8, 4) is 11.5 Å². The van der Waals surface area contributed by atoms with E-state index in [1.54, 1.807) is 17.0 Å². The van der Waals surface area contributed by atoms with Gasteiger partial charge >= 0.3 is 0 Å². The van der Waals surface area contributed by atoms with Crippen LogP contribution in [0.1, 0.15) is 18.4 Å².